The molecule has 0 amide bonds. The molecule has 2 heteroatoms. The molecular formula is C19H18O2. The Morgan fingerprint density at radius 3 is 2.48 bits per heavy atom. The Hall–Kier alpha value is -2.48. The lowest BCUT2D eigenvalue weighted by molar-refractivity contribution is 0.173. The summed E-state index contributed by atoms with van der Waals surface area (Å²) >= 11 is 0. The van der Waals surface area contributed by atoms with Crippen molar-refractivity contribution >= 4 is 0 Å². The van der Waals surface area contributed by atoms with Gasteiger partial charge in [0.2, 0.25) is 0 Å². The molecule has 0 saturated heterocycles. The lowest BCUT2D eigenvalue weighted by atomic mass is 10.0. The van der Waals surface area contributed by atoms with Gasteiger partial charge in [-0.15, -0.1) is 0 Å². The minimum Gasteiger partial charge on any atom is -0.497 e. The third kappa shape index (κ3) is 3.76. The van der Waals surface area contributed by atoms with Gasteiger partial charge in [0, 0.05) is 6.42 Å². The number of benzene rings is 2. The van der Waals surface area contributed by atoms with E-state index >= 15 is 0 Å². The zero-order valence-corrected chi connectivity index (χ0v) is 11.8. The molecule has 0 N–H and O–H groups in total. The monoisotopic (exact) mass is 278 g/mol. The molecule has 1 atom stereocenters. The summed E-state index contributed by atoms with van der Waals surface area (Å²) in [5.74, 6) is 0. The van der Waals surface area contributed by atoms with E-state index in [1.807, 2.05) is 48.7 Å². The molecular weight excluding hydrogens is 260 g/mol. The van der Waals surface area contributed by atoms with Gasteiger partial charge in [-0.3, -0.25) is 0 Å². The van der Waals surface area contributed by atoms with Gasteiger partial charge < -0.3 is 9.47 Å². The third-order valence-electron chi connectivity index (χ3n) is 3.45. The highest BCUT2D eigenvalue weighted by Gasteiger charge is 2.18. The first-order valence-electron chi connectivity index (χ1n) is 7.13. The summed E-state index contributed by atoms with van der Waals surface area (Å²) < 4.78 is 11.2. The Balaban J connectivity index is 1.47. The van der Waals surface area contributed by atoms with Gasteiger partial charge in [-0.05, 0) is 22.8 Å². The summed E-state index contributed by atoms with van der Waals surface area (Å²) in [6, 6.07) is 20.4. The van der Waals surface area contributed by atoms with Gasteiger partial charge in [0.25, 0.3) is 0 Å². The average molecular weight is 278 g/mol. The van der Waals surface area contributed by atoms with Crippen LogP contribution in [0.3, 0.4) is 0 Å². The molecule has 0 radical (unpaired) electrons. The van der Waals surface area contributed by atoms with E-state index in [9.17, 15) is 0 Å². The van der Waals surface area contributed by atoms with E-state index in [0.717, 1.165) is 12.0 Å². The van der Waals surface area contributed by atoms with Crippen molar-refractivity contribution < 1.29 is 9.47 Å². The van der Waals surface area contributed by atoms with Crippen LogP contribution in [-0.4, -0.2) is 0 Å². The molecule has 0 aromatic heterocycles. The van der Waals surface area contributed by atoms with Crippen LogP contribution in [0, 0.1) is 0 Å². The fourth-order valence-corrected chi connectivity index (χ4v) is 2.31. The first-order valence-corrected chi connectivity index (χ1v) is 7.13. The van der Waals surface area contributed by atoms with Gasteiger partial charge >= 0.3 is 0 Å². The van der Waals surface area contributed by atoms with Crippen LogP contribution < -0.4 is 0 Å². The van der Waals surface area contributed by atoms with E-state index in [1.165, 1.54) is 11.1 Å². The second-order valence-corrected chi connectivity index (χ2v) is 5.03. The summed E-state index contributed by atoms with van der Waals surface area (Å²) in [6.07, 6.45) is 6.55. The van der Waals surface area contributed by atoms with Crippen molar-refractivity contribution in [3.8, 4) is 0 Å². The predicted molar refractivity (Wildman–Crippen MR) is 83.3 cm³/mol. The van der Waals surface area contributed by atoms with E-state index in [-0.39, 0.29) is 6.10 Å². The first kappa shape index (κ1) is 13.5. The smallest absolute Gasteiger partial charge is 0.127 e. The molecule has 1 aliphatic rings. The molecule has 0 saturated carbocycles. The second kappa shape index (κ2) is 6.80. The summed E-state index contributed by atoms with van der Waals surface area (Å²) in [4.78, 5) is 0. The molecule has 106 valence electrons. The minimum atomic E-state index is 0.125. The Morgan fingerprint density at radius 2 is 1.71 bits per heavy atom. The topological polar surface area (TPSA) is 18.5 Å². The molecule has 1 unspecified atom stereocenters. The summed E-state index contributed by atoms with van der Waals surface area (Å²) in [5.41, 5.74) is 3.53. The molecule has 0 aliphatic carbocycles. The van der Waals surface area contributed by atoms with Crippen LogP contribution in [0.15, 0.2) is 84.8 Å². The van der Waals surface area contributed by atoms with Gasteiger partial charge in [0.15, 0.2) is 0 Å². The van der Waals surface area contributed by atoms with Crippen LogP contribution in [0.1, 0.15) is 23.7 Å². The van der Waals surface area contributed by atoms with E-state index in [1.54, 1.807) is 6.26 Å². The number of hydrogen-bond donors (Lipinski definition) is 0. The maximum absolute atomic E-state index is 5.70. The third-order valence-corrected chi connectivity index (χ3v) is 3.45. The Morgan fingerprint density at radius 1 is 1.00 bits per heavy atom. The summed E-state index contributed by atoms with van der Waals surface area (Å²) in [7, 11) is 0. The van der Waals surface area contributed by atoms with Crippen molar-refractivity contribution in [1.82, 2.24) is 0 Å². The molecule has 2 aromatic carbocycles. The molecule has 1 heterocycles. The zero-order valence-electron chi connectivity index (χ0n) is 11.8. The summed E-state index contributed by atoms with van der Waals surface area (Å²) in [6.45, 7) is 0.591. The largest absolute Gasteiger partial charge is 0.497 e. The highest BCUT2D eigenvalue weighted by atomic mass is 16.5. The molecule has 0 bridgehead atoms. The van der Waals surface area contributed by atoms with Gasteiger partial charge in [-0.1, -0.05) is 60.7 Å². The number of ether oxygens (including phenoxy) is 2. The van der Waals surface area contributed by atoms with E-state index < -0.39 is 0 Å². The van der Waals surface area contributed by atoms with Gasteiger partial charge in [0.1, 0.15) is 12.7 Å². The van der Waals surface area contributed by atoms with Gasteiger partial charge in [0.05, 0.1) is 12.5 Å². The Labute approximate surface area is 125 Å². The fourth-order valence-electron chi connectivity index (χ4n) is 2.31. The molecule has 2 nitrogen and oxygen atoms in total. The van der Waals surface area contributed by atoms with Crippen LogP contribution >= 0.6 is 0 Å². The fraction of sp³-hybridized carbons (Fsp3) is 0.158. The number of hydrogen-bond acceptors (Lipinski definition) is 2. The maximum atomic E-state index is 5.70. The van der Waals surface area contributed by atoms with Crippen molar-refractivity contribution in [3.05, 3.63) is 96.0 Å². The standard InChI is InChI=1S/C19H18O2/c1-3-7-16(8-4-1)14-20-12-11-17-13-19(21-15-17)18-9-5-2-6-10-18/h1-12,15,19H,13-14H2/b12-11+. The highest BCUT2D eigenvalue weighted by Crippen LogP contribution is 2.31. The van der Waals surface area contributed by atoms with Crippen molar-refractivity contribution in [2.75, 3.05) is 0 Å². The highest BCUT2D eigenvalue weighted by molar-refractivity contribution is 5.26. The van der Waals surface area contributed by atoms with Crippen molar-refractivity contribution in [1.29, 1.82) is 0 Å². The first-order chi connectivity index (χ1) is 10.4. The lowest BCUT2D eigenvalue weighted by Gasteiger charge is -2.09. The normalized spacial score (nSPS) is 17.5. The predicted octanol–water partition coefficient (Wildman–Crippen LogP) is 4.76. The second-order valence-electron chi connectivity index (χ2n) is 5.03. The molecule has 21 heavy (non-hydrogen) atoms. The van der Waals surface area contributed by atoms with Crippen LogP contribution in [0.25, 0.3) is 0 Å². The quantitative estimate of drug-likeness (QED) is 0.734. The van der Waals surface area contributed by atoms with Gasteiger partial charge in [-0.2, -0.15) is 0 Å². The molecule has 2 aromatic rings. The van der Waals surface area contributed by atoms with Crippen LogP contribution in [0.2, 0.25) is 0 Å². The molecule has 0 fully saturated rings. The van der Waals surface area contributed by atoms with Crippen molar-refractivity contribution in [2.24, 2.45) is 0 Å². The van der Waals surface area contributed by atoms with Crippen LogP contribution in [0.5, 0.6) is 0 Å². The SMILES string of the molecule is C1=C(/C=C/OCc2ccccc2)CC(c2ccccc2)O1. The molecule has 0 spiro atoms. The zero-order chi connectivity index (χ0) is 14.3. The Bertz CT molecular complexity index is 615. The van der Waals surface area contributed by atoms with Crippen molar-refractivity contribution in [2.45, 2.75) is 19.1 Å². The molecule has 3 rings (SSSR count). The van der Waals surface area contributed by atoms with E-state index in [2.05, 4.69) is 24.3 Å². The minimum absolute atomic E-state index is 0.125. The van der Waals surface area contributed by atoms with Crippen LogP contribution in [0.4, 0.5) is 0 Å². The maximum Gasteiger partial charge on any atom is 0.127 e. The average Bonchev–Trinajstić information content (AvgIpc) is 3.02. The number of rotatable bonds is 5. The Kier molecular flexibility index (Phi) is 4.37. The van der Waals surface area contributed by atoms with E-state index in [4.69, 9.17) is 9.47 Å². The summed E-state index contributed by atoms with van der Waals surface area (Å²) in [5, 5.41) is 0. The lowest BCUT2D eigenvalue weighted by Crippen LogP contribution is -1.94. The van der Waals surface area contributed by atoms with Crippen LogP contribution in [-0.2, 0) is 16.1 Å². The van der Waals surface area contributed by atoms with Gasteiger partial charge in [-0.25, -0.2) is 0 Å². The van der Waals surface area contributed by atoms with Crippen molar-refractivity contribution in [3.63, 3.8) is 0 Å². The number of allylic oxidation sites excluding steroid dienone is 1. The van der Waals surface area contributed by atoms with E-state index in [0.29, 0.717) is 6.61 Å². The molecule has 1 aliphatic heterocycles.